The van der Waals surface area contributed by atoms with Crippen molar-refractivity contribution < 1.29 is 19.1 Å². The highest BCUT2D eigenvalue weighted by Gasteiger charge is 2.25. The number of rotatable bonds is 5. The summed E-state index contributed by atoms with van der Waals surface area (Å²) < 4.78 is 11.1. The molecule has 0 radical (unpaired) electrons. The van der Waals surface area contributed by atoms with Crippen molar-refractivity contribution in [2.24, 2.45) is 5.92 Å². The molecule has 26 heavy (non-hydrogen) atoms. The molecular formula is C19H26N2O4S. The number of ether oxygens (including phenoxy) is 2. The molecule has 1 aromatic carbocycles. The van der Waals surface area contributed by atoms with Gasteiger partial charge in [-0.05, 0) is 31.0 Å². The number of hydrogen-bond donors (Lipinski definition) is 1. The van der Waals surface area contributed by atoms with E-state index in [1.165, 1.54) is 11.8 Å². The van der Waals surface area contributed by atoms with Crippen molar-refractivity contribution in [1.82, 2.24) is 10.2 Å². The van der Waals surface area contributed by atoms with Crippen LogP contribution < -0.4 is 14.8 Å². The molecule has 142 valence electrons. The zero-order valence-electron chi connectivity index (χ0n) is 15.3. The van der Waals surface area contributed by atoms with E-state index in [0.29, 0.717) is 25.5 Å². The molecular weight excluding hydrogens is 352 g/mol. The number of benzene rings is 1. The first-order chi connectivity index (χ1) is 12.5. The van der Waals surface area contributed by atoms with E-state index < -0.39 is 0 Å². The van der Waals surface area contributed by atoms with Crippen LogP contribution in [0.3, 0.4) is 0 Å². The molecule has 2 heterocycles. The van der Waals surface area contributed by atoms with Crippen molar-refractivity contribution in [1.29, 1.82) is 0 Å². The molecule has 1 N–H and O–H groups in total. The van der Waals surface area contributed by atoms with Crippen molar-refractivity contribution in [3.63, 3.8) is 0 Å². The molecule has 1 atom stereocenters. The number of fused-ring (bicyclic) bond motifs is 1. The average molecular weight is 378 g/mol. The molecule has 7 heteroatoms. The summed E-state index contributed by atoms with van der Waals surface area (Å²) >= 11 is 1.50. The number of piperidine rings is 1. The van der Waals surface area contributed by atoms with E-state index in [0.717, 1.165) is 35.8 Å². The number of nitrogens with one attached hydrogen (secondary N) is 1. The van der Waals surface area contributed by atoms with E-state index in [1.807, 2.05) is 36.9 Å². The first-order valence-electron chi connectivity index (χ1n) is 9.13. The minimum absolute atomic E-state index is 0.0353. The monoisotopic (exact) mass is 378 g/mol. The molecule has 2 aliphatic heterocycles. The van der Waals surface area contributed by atoms with Gasteiger partial charge in [-0.2, -0.15) is 0 Å². The molecule has 1 saturated heterocycles. The lowest BCUT2D eigenvalue weighted by Crippen LogP contribution is -2.50. The van der Waals surface area contributed by atoms with Gasteiger partial charge in [-0.15, -0.1) is 11.8 Å². The summed E-state index contributed by atoms with van der Waals surface area (Å²) in [5.74, 6) is 2.00. The lowest BCUT2D eigenvalue weighted by atomic mass is 10.0. The largest absolute Gasteiger partial charge is 0.486 e. The van der Waals surface area contributed by atoms with E-state index >= 15 is 0 Å². The Hall–Kier alpha value is -1.89. The smallest absolute Gasteiger partial charge is 0.233 e. The number of nitrogens with zero attached hydrogens (tertiary/aromatic N) is 1. The molecule has 0 aromatic heterocycles. The Morgan fingerprint density at radius 2 is 2.04 bits per heavy atom. The van der Waals surface area contributed by atoms with Crippen LogP contribution in [0, 0.1) is 5.92 Å². The lowest BCUT2D eigenvalue weighted by molar-refractivity contribution is -0.131. The molecule has 0 aliphatic carbocycles. The minimum Gasteiger partial charge on any atom is -0.486 e. The Bertz CT molecular complexity index is 665. The summed E-state index contributed by atoms with van der Waals surface area (Å²) in [4.78, 5) is 27.3. The Kier molecular flexibility index (Phi) is 6.29. The third-order valence-electron chi connectivity index (χ3n) is 4.52. The maximum absolute atomic E-state index is 12.6. The van der Waals surface area contributed by atoms with Crippen LogP contribution in [0.25, 0.3) is 0 Å². The lowest BCUT2D eigenvalue weighted by Gasteiger charge is -2.33. The number of likely N-dealkylation sites (tertiary alicyclic amines) is 1. The first-order valence-corrected chi connectivity index (χ1v) is 10.1. The predicted octanol–water partition coefficient (Wildman–Crippen LogP) is 2.31. The quantitative estimate of drug-likeness (QED) is 0.797. The summed E-state index contributed by atoms with van der Waals surface area (Å²) in [6.07, 6.45) is 1.85. The van der Waals surface area contributed by atoms with Gasteiger partial charge in [0.1, 0.15) is 13.2 Å². The molecule has 2 aliphatic rings. The fraction of sp³-hybridized carbons (Fsp3) is 0.579. The molecule has 1 fully saturated rings. The van der Waals surface area contributed by atoms with Crippen molar-refractivity contribution in [3.8, 4) is 11.5 Å². The number of carbonyl (C=O) groups is 2. The predicted molar refractivity (Wildman–Crippen MR) is 101 cm³/mol. The van der Waals surface area contributed by atoms with Gasteiger partial charge in [0.25, 0.3) is 0 Å². The second kappa shape index (κ2) is 8.66. The minimum atomic E-state index is -0.0353. The first kappa shape index (κ1) is 18.9. The molecule has 0 spiro atoms. The molecule has 3 rings (SSSR count). The zero-order valence-corrected chi connectivity index (χ0v) is 16.1. The molecule has 1 aromatic rings. The molecule has 0 saturated carbocycles. The van der Waals surface area contributed by atoms with Crippen LogP contribution in [0.5, 0.6) is 11.5 Å². The average Bonchev–Trinajstić information content (AvgIpc) is 2.66. The van der Waals surface area contributed by atoms with Crippen LogP contribution >= 0.6 is 11.8 Å². The number of carbonyl (C=O) groups excluding carboxylic acids is 2. The van der Waals surface area contributed by atoms with E-state index in [1.54, 1.807) is 0 Å². The van der Waals surface area contributed by atoms with E-state index in [9.17, 15) is 9.59 Å². The van der Waals surface area contributed by atoms with Gasteiger partial charge in [-0.25, -0.2) is 0 Å². The highest BCUT2D eigenvalue weighted by Crippen LogP contribution is 2.34. The van der Waals surface area contributed by atoms with Crippen LogP contribution in [0.4, 0.5) is 0 Å². The third-order valence-corrected chi connectivity index (χ3v) is 5.50. The highest BCUT2D eigenvalue weighted by molar-refractivity contribution is 8.00. The Morgan fingerprint density at radius 3 is 2.81 bits per heavy atom. The summed E-state index contributed by atoms with van der Waals surface area (Å²) in [5, 5.41) is 3.04. The van der Waals surface area contributed by atoms with Crippen LogP contribution in [0.15, 0.2) is 23.1 Å². The Labute approximate surface area is 158 Å². The summed E-state index contributed by atoms with van der Waals surface area (Å²) in [6.45, 7) is 6.24. The summed E-state index contributed by atoms with van der Waals surface area (Å²) in [5.41, 5.74) is 0. The standard InChI is InChI=1S/C19H26N2O4S/c1-13(2)19(23)20-14-4-3-7-21(11-14)18(22)12-26-15-5-6-16-17(10-15)25-9-8-24-16/h5-6,10,13-14H,3-4,7-9,11-12H2,1-2H3,(H,20,23). The SMILES string of the molecule is CC(C)C(=O)NC1CCCN(C(=O)CSc2ccc3c(c2)OCCO3)C1. The topological polar surface area (TPSA) is 67.9 Å². The summed E-state index contributed by atoms with van der Waals surface area (Å²) in [6, 6.07) is 5.82. The van der Waals surface area contributed by atoms with Gasteiger partial charge >= 0.3 is 0 Å². The van der Waals surface area contributed by atoms with Crippen LogP contribution in [0.1, 0.15) is 26.7 Å². The molecule has 1 unspecified atom stereocenters. The van der Waals surface area contributed by atoms with Crippen LogP contribution in [-0.2, 0) is 9.59 Å². The molecule has 0 bridgehead atoms. The number of hydrogen-bond acceptors (Lipinski definition) is 5. The van der Waals surface area contributed by atoms with Gasteiger partial charge in [0.2, 0.25) is 11.8 Å². The third kappa shape index (κ3) is 4.84. The molecule has 6 nitrogen and oxygen atoms in total. The normalized spacial score (nSPS) is 19.3. The highest BCUT2D eigenvalue weighted by atomic mass is 32.2. The Balaban J connectivity index is 1.50. The van der Waals surface area contributed by atoms with Gasteiger partial charge in [0.15, 0.2) is 11.5 Å². The van der Waals surface area contributed by atoms with Crippen molar-refractivity contribution in [2.45, 2.75) is 37.6 Å². The van der Waals surface area contributed by atoms with Gasteiger partial charge in [0.05, 0.1) is 5.75 Å². The molecule has 2 amide bonds. The van der Waals surface area contributed by atoms with Gasteiger partial charge in [-0.3, -0.25) is 9.59 Å². The Morgan fingerprint density at radius 1 is 1.27 bits per heavy atom. The van der Waals surface area contributed by atoms with Gasteiger partial charge in [-0.1, -0.05) is 13.8 Å². The van der Waals surface area contributed by atoms with E-state index in [4.69, 9.17) is 9.47 Å². The van der Waals surface area contributed by atoms with E-state index in [-0.39, 0.29) is 23.8 Å². The zero-order chi connectivity index (χ0) is 18.5. The number of amides is 2. The van der Waals surface area contributed by atoms with Crippen LogP contribution in [-0.4, -0.2) is 54.8 Å². The maximum atomic E-state index is 12.6. The fourth-order valence-corrected chi connectivity index (χ4v) is 3.87. The van der Waals surface area contributed by atoms with Gasteiger partial charge < -0.3 is 19.7 Å². The second-order valence-corrected chi connectivity index (χ2v) is 7.99. The van der Waals surface area contributed by atoms with Crippen molar-refractivity contribution in [3.05, 3.63) is 18.2 Å². The second-order valence-electron chi connectivity index (χ2n) is 6.94. The van der Waals surface area contributed by atoms with Crippen molar-refractivity contribution in [2.75, 3.05) is 32.1 Å². The van der Waals surface area contributed by atoms with Crippen molar-refractivity contribution >= 4 is 23.6 Å². The maximum Gasteiger partial charge on any atom is 0.233 e. The summed E-state index contributed by atoms with van der Waals surface area (Å²) in [7, 11) is 0. The van der Waals surface area contributed by atoms with E-state index in [2.05, 4.69) is 5.32 Å². The number of thioether (sulfide) groups is 1. The fourth-order valence-electron chi connectivity index (χ4n) is 3.04. The van der Waals surface area contributed by atoms with Gasteiger partial charge in [0, 0.05) is 29.9 Å². The van der Waals surface area contributed by atoms with Crippen LogP contribution in [0.2, 0.25) is 0 Å².